The van der Waals surface area contributed by atoms with E-state index in [9.17, 15) is 13.2 Å². The average molecular weight is 539 g/mol. The maximum Gasteiger partial charge on any atom is 0.254 e. The van der Waals surface area contributed by atoms with E-state index < -0.39 is 10.0 Å². The van der Waals surface area contributed by atoms with Gasteiger partial charge in [0.2, 0.25) is 21.8 Å². The van der Waals surface area contributed by atoms with Gasteiger partial charge < -0.3 is 14.1 Å². The quantitative estimate of drug-likeness (QED) is 0.424. The highest BCUT2D eigenvalue weighted by molar-refractivity contribution is 7.89. The van der Waals surface area contributed by atoms with Gasteiger partial charge in [0.15, 0.2) is 0 Å². The molecule has 3 aromatic rings. The van der Waals surface area contributed by atoms with Crippen LogP contribution < -0.4 is 0 Å². The molecule has 0 spiro atoms. The first-order valence-corrected chi connectivity index (χ1v) is 13.2. The van der Waals surface area contributed by atoms with Gasteiger partial charge in [-0.25, -0.2) is 8.42 Å². The molecular weight excluding hydrogens is 515 g/mol. The van der Waals surface area contributed by atoms with Crippen LogP contribution in [0.5, 0.6) is 0 Å². The Morgan fingerprint density at radius 3 is 2.54 bits per heavy atom. The van der Waals surface area contributed by atoms with Crippen LogP contribution in [0.25, 0.3) is 11.5 Å². The van der Waals surface area contributed by atoms with E-state index in [2.05, 4.69) is 10.2 Å². The Bertz CT molecular complexity index is 1310. The van der Waals surface area contributed by atoms with Gasteiger partial charge in [0.05, 0.1) is 35.4 Å². The number of carbonyl (C=O) groups excluding carboxylic acids is 1. The predicted molar refractivity (Wildman–Crippen MR) is 131 cm³/mol. The van der Waals surface area contributed by atoms with E-state index in [0.717, 1.165) is 0 Å². The Balaban J connectivity index is 1.58. The van der Waals surface area contributed by atoms with Crippen LogP contribution in [-0.4, -0.2) is 66.6 Å². The predicted octanol–water partition coefficient (Wildman–Crippen LogP) is 4.12. The largest absolute Gasteiger partial charge is 0.419 e. The molecule has 9 nitrogen and oxygen atoms in total. The van der Waals surface area contributed by atoms with Gasteiger partial charge in [-0.15, -0.1) is 10.2 Å². The lowest BCUT2D eigenvalue weighted by Crippen LogP contribution is -2.40. The minimum absolute atomic E-state index is 0.0522. The van der Waals surface area contributed by atoms with E-state index in [-0.39, 0.29) is 52.8 Å². The Labute approximate surface area is 213 Å². The second kappa shape index (κ2) is 11.0. The molecule has 2 aromatic carbocycles. The van der Waals surface area contributed by atoms with Gasteiger partial charge in [-0.2, -0.15) is 4.31 Å². The van der Waals surface area contributed by atoms with Crippen molar-refractivity contribution in [2.75, 3.05) is 32.8 Å². The molecule has 0 aliphatic carbocycles. The summed E-state index contributed by atoms with van der Waals surface area (Å²) in [5.74, 6) is 0.108. The van der Waals surface area contributed by atoms with E-state index in [1.165, 1.54) is 27.4 Å². The van der Waals surface area contributed by atoms with Crippen LogP contribution in [0.2, 0.25) is 10.0 Å². The molecule has 0 N–H and O–H groups in total. The molecule has 1 aromatic heterocycles. The van der Waals surface area contributed by atoms with Gasteiger partial charge in [0, 0.05) is 25.2 Å². The van der Waals surface area contributed by atoms with E-state index in [4.69, 9.17) is 32.4 Å². The molecule has 1 amide bonds. The van der Waals surface area contributed by atoms with Crippen molar-refractivity contribution in [2.45, 2.75) is 24.8 Å². The molecule has 4 rings (SSSR count). The molecule has 0 saturated carbocycles. The molecule has 12 heteroatoms. The Hall–Kier alpha value is -2.50. The van der Waals surface area contributed by atoms with Gasteiger partial charge in [0.25, 0.3) is 5.91 Å². The summed E-state index contributed by atoms with van der Waals surface area (Å²) in [6, 6.07) is 11.3. The van der Waals surface area contributed by atoms with Crippen LogP contribution in [0.1, 0.15) is 29.6 Å². The number of halogens is 2. The molecule has 0 bridgehead atoms. The summed E-state index contributed by atoms with van der Waals surface area (Å²) < 4.78 is 38.6. The summed E-state index contributed by atoms with van der Waals surface area (Å²) >= 11 is 12.5. The highest BCUT2D eigenvalue weighted by Crippen LogP contribution is 2.28. The maximum absolute atomic E-state index is 13.4. The number of morpholine rings is 1. The maximum atomic E-state index is 13.4. The van der Waals surface area contributed by atoms with Crippen LogP contribution in [-0.2, 0) is 21.3 Å². The van der Waals surface area contributed by atoms with Crippen molar-refractivity contribution in [2.24, 2.45) is 0 Å². The third-order valence-electron chi connectivity index (χ3n) is 5.44. The normalized spacial score (nSPS) is 14.7. The second-order valence-corrected chi connectivity index (χ2v) is 10.6. The monoisotopic (exact) mass is 538 g/mol. The third-order valence-corrected chi connectivity index (χ3v) is 8.15. The minimum atomic E-state index is -3.88. The smallest absolute Gasteiger partial charge is 0.254 e. The first-order chi connectivity index (χ1) is 16.8. The number of amides is 1. The van der Waals surface area contributed by atoms with Crippen molar-refractivity contribution in [1.29, 1.82) is 0 Å². The third kappa shape index (κ3) is 5.68. The van der Waals surface area contributed by atoms with E-state index in [0.29, 0.717) is 36.8 Å². The number of sulfonamides is 1. The number of rotatable bonds is 8. The Morgan fingerprint density at radius 2 is 1.83 bits per heavy atom. The highest BCUT2D eigenvalue weighted by atomic mass is 35.5. The topological polar surface area (TPSA) is 106 Å². The van der Waals surface area contributed by atoms with Crippen molar-refractivity contribution in [3.63, 3.8) is 0 Å². The molecule has 1 aliphatic rings. The van der Waals surface area contributed by atoms with E-state index in [1.807, 2.05) is 6.92 Å². The summed E-state index contributed by atoms with van der Waals surface area (Å²) in [6.07, 6.45) is 0.670. The number of carbonyl (C=O) groups is 1. The fourth-order valence-electron chi connectivity index (χ4n) is 3.69. The number of nitrogens with zero attached hydrogens (tertiary/aromatic N) is 4. The van der Waals surface area contributed by atoms with Gasteiger partial charge >= 0.3 is 0 Å². The zero-order valence-corrected chi connectivity index (χ0v) is 21.3. The SMILES string of the molecule is CCCN(Cc1nnc(-c2ccccc2Cl)o1)C(=O)c1ccc(Cl)c(S(=O)(=O)N2CCOCC2)c1. The molecule has 35 heavy (non-hydrogen) atoms. The van der Waals surface area contributed by atoms with Crippen molar-refractivity contribution in [1.82, 2.24) is 19.4 Å². The van der Waals surface area contributed by atoms with Gasteiger partial charge in [0.1, 0.15) is 4.90 Å². The standard InChI is InChI=1S/C23H24Cl2N4O5S/c1-2-9-28(15-21-26-27-22(34-21)17-5-3-4-6-18(17)24)23(30)16-7-8-19(25)20(14-16)35(31,32)29-10-12-33-13-11-29/h3-8,14H,2,9-13,15H2,1H3. The molecule has 2 heterocycles. The zero-order valence-electron chi connectivity index (χ0n) is 19.0. The summed E-state index contributed by atoms with van der Waals surface area (Å²) in [5.41, 5.74) is 0.789. The average Bonchev–Trinajstić information content (AvgIpc) is 3.32. The van der Waals surface area contributed by atoms with Crippen LogP contribution in [0.3, 0.4) is 0 Å². The van der Waals surface area contributed by atoms with Crippen LogP contribution in [0, 0.1) is 0 Å². The molecule has 0 unspecified atom stereocenters. The summed E-state index contributed by atoms with van der Waals surface area (Å²) in [5, 5.41) is 8.63. The number of aromatic nitrogens is 2. The fourth-order valence-corrected chi connectivity index (χ4v) is 5.81. The molecule has 0 radical (unpaired) electrons. The number of hydrogen-bond donors (Lipinski definition) is 0. The van der Waals surface area contributed by atoms with Crippen molar-refractivity contribution >= 4 is 39.1 Å². The molecular formula is C23H24Cl2N4O5S. The number of ether oxygens (including phenoxy) is 1. The number of hydrogen-bond acceptors (Lipinski definition) is 7. The lowest BCUT2D eigenvalue weighted by atomic mass is 10.2. The van der Waals surface area contributed by atoms with Gasteiger partial charge in [-0.05, 0) is 36.8 Å². The molecule has 1 fully saturated rings. The number of benzene rings is 2. The summed E-state index contributed by atoms with van der Waals surface area (Å²) in [7, 11) is -3.88. The van der Waals surface area contributed by atoms with Crippen LogP contribution >= 0.6 is 23.2 Å². The minimum Gasteiger partial charge on any atom is -0.419 e. The van der Waals surface area contributed by atoms with Gasteiger partial charge in [-0.3, -0.25) is 4.79 Å². The first kappa shape index (κ1) is 25.6. The van der Waals surface area contributed by atoms with Crippen molar-refractivity contribution in [3.8, 4) is 11.5 Å². The second-order valence-electron chi connectivity index (χ2n) is 7.87. The summed E-state index contributed by atoms with van der Waals surface area (Å²) in [6.45, 7) is 3.45. The van der Waals surface area contributed by atoms with Gasteiger partial charge in [-0.1, -0.05) is 42.3 Å². The van der Waals surface area contributed by atoms with Crippen LogP contribution in [0.15, 0.2) is 51.8 Å². The first-order valence-electron chi connectivity index (χ1n) is 11.0. The highest BCUT2D eigenvalue weighted by Gasteiger charge is 2.30. The molecule has 0 atom stereocenters. The molecule has 186 valence electrons. The molecule has 1 aliphatic heterocycles. The Kier molecular flexibility index (Phi) is 8.08. The lowest BCUT2D eigenvalue weighted by molar-refractivity contribution is 0.0724. The van der Waals surface area contributed by atoms with E-state index in [1.54, 1.807) is 24.3 Å². The molecule has 1 saturated heterocycles. The fraction of sp³-hybridized carbons (Fsp3) is 0.348. The van der Waals surface area contributed by atoms with Crippen molar-refractivity contribution in [3.05, 3.63) is 64.0 Å². The zero-order chi connectivity index (χ0) is 25.0. The van der Waals surface area contributed by atoms with E-state index >= 15 is 0 Å². The summed E-state index contributed by atoms with van der Waals surface area (Å²) in [4.78, 5) is 14.8. The Morgan fingerprint density at radius 1 is 1.09 bits per heavy atom. The van der Waals surface area contributed by atoms with Crippen molar-refractivity contribution < 1.29 is 22.4 Å². The lowest BCUT2D eigenvalue weighted by Gasteiger charge is -2.27. The van der Waals surface area contributed by atoms with Crippen LogP contribution in [0.4, 0.5) is 0 Å².